The van der Waals surface area contributed by atoms with Gasteiger partial charge < -0.3 is 15.5 Å². The first-order valence-electron chi connectivity index (χ1n) is 6.37. The summed E-state index contributed by atoms with van der Waals surface area (Å²) < 4.78 is 0. The Morgan fingerprint density at radius 3 is 2.53 bits per heavy atom. The highest BCUT2D eigenvalue weighted by Crippen LogP contribution is 2.02. The second-order valence-electron chi connectivity index (χ2n) is 4.33. The van der Waals surface area contributed by atoms with Crippen molar-refractivity contribution < 1.29 is 0 Å². The maximum atomic E-state index is 4.07. The molecule has 1 rings (SSSR count). The van der Waals surface area contributed by atoms with Crippen LogP contribution in [0.5, 0.6) is 0 Å². The molecular weight excluding hydrogens is 304 g/mol. The first-order valence-corrected chi connectivity index (χ1v) is 6.37. The van der Waals surface area contributed by atoms with Gasteiger partial charge in [0.2, 0.25) is 0 Å². The molecule has 19 heavy (non-hydrogen) atoms. The Morgan fingerprint density at radius 2 is 1.95 bits per heavy atom. The van der Waals surface area contributed by atoms with Gasteiger partial charge in [-0.2, -0.15) is 0 Å². The lowest BCUT2D eigenvalue weighted by Crippen LogP contribution is -2.36. The van der Waals surface area contributed by atoms with Crippen molar-refractivity contribution >= 4 is 22.9 Å². The van der Waals surface area contributed by atoms with Crippen molar-refractivity contribution in [2.45, 2.75) is 13.0 Å². The van der Waals surface area contributed by atoms with E-state index in [0.717, 1.165) is 32.0 Å². The molecule has 0 unspecified atom stereocenters. The summed E-state index contributed by atoms with van der Waals surface area (Å²) in [6.07, 6.45) is 1.10. The Balaban J connectivity index is 0.00000324. The van der Waals surface area contributed by atoms with Gasteiger partial charge >= 0.3 is 0 Å². The number of halogens is 1. The number of hydrogen-bond donors (Lipinski definition) is 2. The van der Waals surface area contributed by atoms with Gasteiger partial charge in [0, 0.05) is 27.2 Å². The minimum absolute atomic E-state index is 0. The molecule has 1 aromatic rings. The van der Waals surface area contributed by atoms with E-state index in [1.54, 1.807) is 7.05 Å². The normalized spacial score (nSPS) is 11.1. The van der Waals surface area contributed by atoms with E-state index in [9.17, 15) is 0 Å². The molecule has 0 aliphatic heterocycles. The Hall–Kier alpha value is -1.07. The maximum Gasteiger partial charge on any atom is 0.190 e. The zero-order chi connectivity index (χ0) is 13.2. The average molecular weight is 329 g/mol. The molecule has 2 N–H and O–H groups in total. The third kappa shape index (κ3) is 7.85. The van der Waals surface area contributed by atoms with E-state index in [1.165, 1.54) is 5.56 Å². The van der Waals surface area contributed by atoms with Gasteiger partial charge in [-0.25, -0.2) is 0 Å². The van der Waals surface area contributed by atoms with Crippen molar-refractivity contribution in [3.05, 3.63) is 35.9 Å². The second-order valence-corrected chi connectivity index (χ2v) is 4.33. The Labute approximate surface area is 127 Å². The fourth-order valence-corrected chi connectivity index (χ4v) is 1.81. The molecule has 4 nitrogen and oxygen atoms in total. The largest absolute Gasteiger partial charge is 0.359 e. The van der Waals surface area contributed by atoms with Crippen molar-refractivity contribution in [1.29, 1.82) is 0 Å². The minimum Gasteiger partial charge on any atom is -0.359 e. The molecule has 0 aliphatic carbocycles. The highest BCUT2D eigenvalue weighted by atomic mass is 79.9. The number of nitrogens with zero attached hydrogens (tertiary/aromatic N) is 2. The molecule has 108 valence electrons. The maximum absolute atomic E-state index is 4.07. The van der Waals surface area contributed by atoms with E-state index in [2.05, 4.69) is 57.9 Å². The molecule has 0 aliphatic rings. The van der Waals surface area contributed by atoms with Crippen LogP contribution < -0.4 is 10.6 Å². The van der Waals surface area contributed by atoms with Crippen molar-refractivity contribution in [2.24, 2.45) is 4.99 Å². The zero-order valence-corrected chi connectivity index (χ0v) is 13.7. The molecule has 0 spiro atoms. The lowest BCUT2D eigenvalue weighted by Gasteiger charge is -2.17. The molecule has 1 aromatic carbocycles. The number of benzene rings is 1. The van der Waals surface area contributed by atoms with Gasteiger partial charge in [-0.05, 0) is 25.6 Å². The number of guanidine groups is 1. The predicted octanol–water partition coefficient (Wildman–Crippen LogP) is 1.88. The molecule has 0 saturated heterocycles. The fraction of sp³-hybridized carbons (Fsp3) is 0.500. The first kappa shape index (κ1) is 17.9. The topological polar surface area (TPSA) is 39.7 Å². The lowest BCUT2D eigenvalue weighted by molar-refractivity contribution is 0.322. The van der Waals surface area contributed by atoms with E-state index in [4.69, 9.17) is 0 Å². The molecule has 0 amide bonds. The van der Waals surface area contributed by atoms with Gasteiger partial charge in [0.25, 0.3) is 0 Å². The van der Waals surface area contributed by atoms with Crippen molar-refractivity contribution in [1.82, 2.24) is 15.5 Å². The van der Waals surface area contributed by atoms with E-state index >= 15 is 0 Å². The van der Waals surface area contributed by atoms with Crippen LogP contribution in [0.4, 0.5) is 0 Å². The van der Waals surface area contributed by atoms with Crippen molar-refractivity contribution in [3.8, 4) is 0 Å². The van der Waals surface area contributed by atoms with Gasteiger partial charge in [0.15, 0.2) is 5.96 Å². The molecule has 0 radical (unpaired) electrons. The number of aliphatic imine (C=N–C) groups is 1. The quantitative estimate of drug-likeness (QED) is 0.476. The van der Waals surface area contributed by atoms with Crippen LogP contribution in [-0.4, -0.2) is 45.1 Å². The van der Waals surface area contributed by atoms with Crippen LogP contribution in [-0.2, 0) is 6.54 Å². The standard InChI is InChI=1S/C14H24N4.BrH/c1-15-14(16-2)17-10-7-11-18(3)12-13-8-5-4-6-9-13;/h4-6,8-9H,7,10-12H2,1-3H3,(H2,15,16,17);1H. The third-order valence-electron chi connectivity index (χ3n) is 2.76. The number of rotatable bonds is 6. The van der Waals surface area contributed by atoms with E-state index < -0.39 is 0 Å². The SMILES string of the molecule is Br.CN=C(NC)NCCCN(C)Cc1ccccc1. The summed E-state index contributed by atoms with van der Waals surface area (Å²) in [4.78, 5) is 6.40. The fourth-order valence-electron chi connectivity index (χ4n) is 1.81. The van der Waals surface area contributed by atoms with Gasteiger partial charge in [0.1, 0.15) is 0 Å². The minimum atomic E-state index is 0. The molecule has 0 atom stereocenters. The van der Waals surface area contributed by atoms with Gasteiger partial charge in [-0.3, -0.25) is 4.99 Å². The van der Waals surface area contributed by atoms with Crippen molar-refractivity contribution in [2.75, 3.05) is 34.2 Å². The molecule has 0 fully saturated rings. The monoisotopic (exact) mass is 328 g/mol. The van der Waals surface area contributed by atoms with E-state index in [-0.39, 0.29) is 17.0 Å². The molecular formula is C14H25BrN4. The zero-order valence-electron chi connectivity index (χ0n) is 12.0. The van der Waals surface area contributed by atoms with Crippen LogP contribution in [0.2, 0.25) is 0 Å². The molecule has 0 bridgehead atoms. The summed E-state index contributed by atoms with van der Waals surface area (Å²) in [5.74, 6) is 0.848. The Kier molecular flexibility index (Phi) is 10.2. The van der Waals surface area contributed by atoms with Crippen LogP contribution in [0.25, 0.3) is 0 Å². The van der Waals surface area contributed by atoms with Crippen LogP contribution in [0.15, 0.2) is 35.3 Å². The smallest absolute Gasteiger partial charge is 0.190 e. The van der Waals surface area contributed by atoms with Gasteiger partial charge in [-0.15, -0.1) is 17.0 Å². The van der Waals surface area contributed by atoms with Gasteiger partial charge in [0.05, 0.1) is 0 Å². The summed E-state index contributed by atoms with van der Waals surface area (Å²) in [6, 6.07) is 10.6. The number of nitrogens with one attached hydrogen (secondary N) is 2. The van der Waals surface area contributed by atoms with Gasteiger partial charge in [-0.1, -0.05) is 30.3 Å². The Morgan fingerprint density at radius 1 is 1.26 bits per heavy atom. The van der Waals surface area contributed by atoms with Crippen LogP contribution >= 0.6 is 17.0 Å². The molecule has 0 saturated carbocycles. The van der Waals surface area contributed by atoms with Crippen molar-refractivity contribution in [3.63, 3.8) is 0 Å². The highest BCUT2D eigenvalue weighted by molar-refractivity contribution is 8.93. The second kappa shape index (κ2) is 10.8. The predicted molar refractivity (Wildman–Crippen MR) is 88.1 cm³/mol. The first-order chi connectivity index (χ1) is 8.76. The van der Waals surface area contributed by atoms with E-state index in [0.29, 0.717) is 0 Å². The summed E-state index contributed by atoms with van der Waals surface area (Å²) in [7, 11) is 5.80. The summed E-state index contributed by atoms with van der Waals surface area (Å²) in [5.41, 5.74) is 1.36. The average Bonchev–Trinajstić information content (AvgIpc) is 2.40. The lowest BCUT2D eigenvalue weighted by atomic mass is 10.2. The third-order valence-corrected chi connectivity index (χ3v) is 2.76. The molecule has 0 aromatic heterocycles. The van der Waals surface area contributed by atoms with E-state index in [1.807, 2.05) is 7.05 Å². The highest BCUT2D eigenvalue weighted by Gasteiger charge is 2.00. The van der Waals surface area contributed by atoms with Crippen LogP contribution in [0.3, 0.4) is 0 Å². The summed E-state index contributed by atoms with van der Waals surface area (Å²) in [6.45, 7) is 3.01. The summed E-state index contributed by atoms with van der Waals surface area (Å²) in [5, 5.41) is 6.26. The molecule has 0 heterocycles. The van der Waals surface area contributed by atoms with Crippen LogP contribution in [0, 0.1) is 0 Å². The summed E-state index contributed by atoms with van der Waals surface area (Å²) >= 11 is 0. The number of hydrogen-bond acceptors (Lipinski definition) is 2. The molecule has 5 heteroatoms. The Bertz CT molecular complexity index is 354. The van der Waals surface area contributed by atoms with Crippen LogP contribution in [0.1, 0.15) is 12.0 Å².